The first-order valence-electron chi connectivity index (χ1n) is 5.46. The third kappa shape index (κ3) is 2.79. The van der Waals surface area contributed by atoms with E-state index in [1.54, 1.807) is 18.5 Å². The van der Waals surface area contributed by atoms with Crippen molar-refractivity contribution in [3.05, 3.63) is 62.8 Å². The molecular formula is C14H11BrClNO. The largest absolute Gasteiger partial charge is 0.294 e. The summed E-state index contributed by atoms with van der Waals surface area (Å²) in [6, 6.07) is 7.42. The Balaban J connectivity index is 2.28. The molecule has 18 heavy (non-hydrogen) atoms. The van der Waals surface area contributed by atoms with E-state index in [1.807, 2.05) is 25.1 Å². The fourth-order valence-corrected chi connectivity index (χ4v) is 2.35. The zero-order valence-electron chi connectivity index (χ0n) is 9.78. The first-order valence-corrected chi connectivity index (χ1v) is 6.63. The van der Waals surface area contributed by atoms with E-state index in [9.17, 15) is 4.79 Å². The van der Waals surface area contributed by atoms with Gasteiger partial charge in [-0.2, -0.15) is 0 Å². The highest BCUT2D eigenvalue weighted by Crippen LogP contribution is 2.23. The molecule has 0 atom stereocenters. The van der Waals surface area contributed by atoms with E-state index in [0.717, 1.165) is 15.6 Å². The Morgan fingerprint density at radius 3 is 2.89 bits per heavy atom. The molecule has 0 saturated heterocycles. The second kappa shape index (κ2) is 5.63. The third-order valence-corrected chi connectivity index (χ3v) is 4.09. The smallest absolute Gasteiger partial charge is 0.168 e. The van der Waals surface area contributed by atoms with Crippen LogP contribution in [0.3, 0.4) is 0 Å². The highest BCUT2D eigenvalue weighted by molar-refractivity contribution is 9.10. The Labute approximate surface area is 119 Å². The molecule has 0 N–H and O–H groups in total. The lowest BCUT2D eigenvalue weighted by Crippen LogP contribution is -2.05. The normalized spacial score (nSPS) is 10.4. The molecule has 0 unspecified atom stereocenters. The standard InChI is InChI=1S/C14H11BrClNO/c1-9-3-2-4-11(14(9)15)13(18)7-10-5-6-17-8-12(10)16/h2-6,8H,7H2,1H3. The molecule has 0 aliphatic heterocycles. The van der Waals surface area contributed by atoms with Crippen LogP contribution in [-0.4, -0.2) is 10.8 Å². The van der Waals surface area contributed by atoms with E-state index in [0.29, 0.717) is 10.6 Å². The zero-order chi connectivity index (χ0) is 13.1. The van der Waals surface area contributed by atoms with Gasteiger partial charge in [0.15, 0.2) is 5.78 Å². The SMILES string of the molecule is Cc1cccc(C(=O)Cc2ccncc2Cl)c1Br. The third-order valence-electron chi connectivity index (χ3n) is 2.70. The molecule has 0 aliphatic rings. The average molecular weight is 325 g/mol. The van der Waals surface area contributed by atoms with Gasteiger partial charge in [-0.25, -0.2) is 0 Å². The predicted octanol–water partition coefficient (Wildman–Crippen LogP) is 4.23. The molecule has 1 heterocycles. The number of pyridine rings is 1. The summed E-state index contributed by atoms with van der Waals surface area (Å²) < 4.78 is 0.847. The minimum Gasteiger partial charge on any atom is -0.294 e. The maximum absolute atomic E-state index is 12.2. The maximum Gasteiger partial charge on any atom is 0.168 e. The van der Waals surface area contributed by atoms with Crippen LogP contribution in [0.4, 0.5) is 0 Å². The van der Waals surface area contributed by atoms with Gasteiger partial charge in [0.2, 0.25) is 0 Å². The number of carbonyl (C=O) groups is 1. The lowest BCUT2D eigenvalue weighted by molar-refractivity contribution is 0.0992. The summed E-state index contributed by atoms with van der Waals surface area (Å²) in [4.78, 5) is 16.1. The fraction of sp³-hybridized carbons (Fsp3) is 0.143. The molecule has 2 rings (SSSR count). The Morgan fingerprint density at radius 1 is 1.39 bits per heavy atom. The van der Waals surface area contributed by atoms with Gasteiger partial charge in [0.1, 0.15) is 0 Å². The van der Waals surface area contributed by atoms with Crippen molar-refractivity contribution < 1.29 is 4.79 Å². The molecule has 92 valence electrons. The van der Waals surface area contributed by atoms with Gasteiger partial charge >= 0.3 is 0 Å². The number of aryl methyl sites for hydroxylation is 1. The topological polar surface area (TPSA) is 30.0 Å². The second-order valence-corrected chi connectivity index (χ2v) is 5.20. The Morgan fingerprint density at radius 2 is 2.17 bits per heavy atom. The van der Waals surface area contributed by atoms with Crippen LogP contribution in [0.5, 0.6) is 0 Å². The van der Waals surface area contributed by atoms with Crippen LogP contribution >= 0.6 is 27.5 Å². The molecule has 4 heteroatoms. The number of benzene rings is 1. The van der Waals surface area contributed by atoms with Crippen molar-refractivity contribution in [3.8, 4) is 0 Å². The van der Waals surface area contributed by atoms with Gasteiger partial charge in [0.05, 0.1) is 5.02 Å². The van der Waals surface area contributed by atoms with E-state index in [-0.39, 0.29) is 12.2 Å². The lowest BCUT2D eigenvalue weighted by atomic mass is 10.0. The number of carbonyl (C=O) groups excluding carboxylic acids is 1. The number of nitrogens with zero attached hydrogens (tertiary/aromatic N) is 1. The average Bonchev–Trinajstić information content (AvgIpc) is 2.35. The summed E-state index contributed by atoms with van der Waals surface area (Å²) in [7, 11) is 0. The van der Waals surface area contributed by atoms with Gasteiger partial charge in [-0.3, -0.25) is 9.78 Å². The summed E-state index contributed by atoms with van der Waals surface area (Å²) in [5, 5.41) is 0.523. The van der Waals surface area contributed by atoms with Crippen LogP contribution in [0, 0.1) is 6.92 Å². The number of ketones is 1. The number of hydrogen-bond donors (Lipinski definition) is 0. The predicted molar refractivity (Wildman–Crippen MR) is 76.2 cm³/mol. The van der Waals surface area contributed by atoms with Crippen LogP contribution in [0.15, 0.2) is 41.1 Å². The first kappa shape index (κ1) is 13.2. The van der Waals surface area contributed by atoms with Crippen LogP contribution in [0.2, 0.25) is 5.02 Å². The molecule has 0 bridgehead atoms. The lowest BCUT2D eigenvalue weighted by Gasteiger charge is -2.07. The van der Waals surface area contributed by atoms with Crippen molar-refractivity contribution in [2.24, 2.45) is 0 Å². The van der Waals surface area contributed by atoms with E-state index >= 15 is 0 Å². The highest BCUT2D eigenvalue weighted by Gasteiger charge is 2.13. The quantitative estimate of drug-likeness (QED) is 0.791. The summed E-state index contributed by atoms with van der Waals surface area (Å²) in [5.74, 6) is 0.0404. The first-order chi connectivity index (χ1) is 8.59. The maximum atomic E-state index is 12.2. The molecule has 1 aromatic heterocycles. The van der Waals surface area contributed by atoms with Crippen molar-refractivity contribution in [3.63, 3.8) is 0 Å². The zero-order valence-corrected chi connectivity index (χ0v) is 12.1. The van der Waals surface area contributed by atoms with Crippen LogP contribution in [0.1, 0.15) is 21.5 Å². The molecule has 0 spiro atoms. The Bertz CT molecular complexity index is 598. The Kier molecular flexibility index (Phi) is 4.15. The summed E-state index contributed by atoms with van der Waals surface area (Å²) in [6.07, 6.45) is 3.47. The monoisotopic (exact) mass is 323 g/mol. The van der Waals surface area contributed by atoms with E-state index < -0.39 is 0 Å². The van der Waals surface area contributed by atoms with E-state index in [2.05, 4.69) is 20.9 Å². The van der Waals surface area contributed by atoms with Gasteiger partial charge in [0, 0.05) is 28.9 Å². The Hall–Kier alpha value is -1.19. The van der Waals surface area contributed by atoms with Crippen molar-refractivity contribution >= 4 is 33.3 Å². The minimum atomic E-state index is 0.0404. The minimum absolute atomic E-state index is 0.0404. The number of halogens is 2. The van der Waals surface area contributed by atoms with Gasteiger partial charge in [-0.05, 0) is 40.0 Å². The summed E-state index contributed by atoms with van der Waals surface area (Å²) >= 11 is 9.45. The van der Waals surface area contributed by atoms with Crippen molar-refractivity contribution in [2.75, 3.05) is 0 Å². The van der Waals surface area contributed by atoms with Crippen molar-refractivity contribution in [1.29, 1.82) is 0 Å². The van der Waals surface area contributed by atoms with Crippen molar-refractivity contribution in [1.82, 2.24) is 4.98 Å². The summed E-state index contributed by atoms with van der Waals surface area (Å²) in [6.45, 7) is 1.96. The van der Waals surface area contributed by atoms with Crippen LogP contribution < -0.4 is 0 Å². The van der Waals surface area contributed by atoms with Gasteiger partial charge in [-0.15, -0.1) is 0 Å². The van der Waals surface area contributed by atoms with Gasteiger partial charge in [0.25, 0.3) is 0 Å². The molecular weight excluding hydrogens is 314 g/mol. The summed E-state index contributed by atoms with van der Waals surface area (Å²) in [5.41, 5.74) is 2.52. The number of aromatic nitrogens is 1. The number of Topliss-reactive ketones (excluding diaryl/α,β-unsaturated/α-hetero) is 1. The van der Waals surface area contributed by atoms with Gasteiger partial charge < -0.3 is 0 Å². The molecule has 0 radical (unpaired) electrons. The number of rotatable bonds is 3. The number of hydrogen-bond acceptors (Lipinski definition) is 2. The molecule has 0 amide bonds. The highest BCUT2D eigenvalue weighted by atomic mass is 79.9. The van der Waals surface area contributed by atoms with E-state index in [1.165, 1.54) is 0 Å². The molecule has 1 aromatic carbocycles. The second-order valence-electron chi connectivity index (χ2n) is 4.00. The molecule has 0 aliphatic carbocycles. The molecule has 0 saturated carbocycles. The molecule has 0 fully saturated rings. The fourth-order valence-electron chi connectivity index (χ4n) is 1.68. The van der Waals surface area contributed by atoms with Crippen LogP contribution in [0.25, 0.3) is 0 Å². The molecule has 2 aromatic rings. The van der Waals surface area contributed by atoms with Crippen molar-refractivity contribution in [2.45, 2.75) is 13.3 Å². The molecule has 2 nitrogen and oxygen atoms in total. The van der Waals surface area contributed by atoms with E-state index in [4.69, 9.17) is 11.6 Å². The van der Waals surface area contributed by atoms with Gasteiger partial charge in [-0.1, -0.05) is 29.8 Å². The van der Waals surface area contributed by atoms with Crippen LogP contribution in [-0.2, 0) is 6.42 Å².